The molecule has 1 heterocycles. The van der Waals surface area contributed by atoms with Crippen molar-refractivity contribution in [2.24, 2.45) is 0 Å². The summed E-state index contributed by atoms with van der Waals surface area (Å²) < 4.78 is 10.1. The molecule has 1 aromatic rings. The minimum Gasteiger partial charge on any atom is -0.383 e. The van der Waals surface area contributed by atoms with E-state index in [1.807, 2.05) is 6.92 Å². The fraction of sp³-hybridized carbons (Fsp3) is 0.538. The molecule has 0 saturated carbocycles. The van der Waals surface area contributed by atoms with Gasteiger partial charge in [-0.2, -0.15) is 0 Å². The highest BCUT2D eigenvalue weighted by Crippen LogP contribution is 2.11. The van der Waals surface area contributed by atoms with Crippen molar-refractivity contribution in [1.82, 2.24) is 9.88 Å². The second-order valence-electron chi connectivity index (χ2n) is 4.17. The second kappa shape index (κ2) is 8.09. The van der Waals surface area contributed by atoms with Gasteiger partial charge in [0.05, 0.1) is 24.8 Å². The van der Waals surface area contributed by atoms with Gasteiger partial charge in [0.25, 0.3) is 5.91 Å². The number of halogens is 1. The van der Waals surface area contributed by atoms with Gasteiger partial charge in [-0.15, -0.1) is 0 Å². The smallest absolute Gasteiger partial charge is 0.255 e. The molecule has 1 aromatic heterocycles. The van der Waals surface area contributed by atoms with Crippen LogP contribution in [0.5, 0.6) is 0 Å². The molecule has 0 aliphatic rings. The molecule has 0 bridgehead atoms. The first kappa shape index (κ1) is 15.9. The number of nitrogens with zero attached hydrogens (tertiary/aromatic N) is 2. The summed E-state index contributed by atoms with van der Waals surface area (Å²) in [6.45, 7) is 3.38. The third-order valence-electron chi connectivity index (χ3n) is 2.71. The maximum atomic E-state index is 12.4. The van der Waals surface area contributed by atoms with Gasteiger partial charge < -0.3 is 14.4 Å². The zero-order valence-corrected chi connectivity index (χ0v) is 12.2. The number of methoxy groups -OCH3 is 2. The minimum absolute atomic E-state index is 0.0386. The molecule has 0 aromatic carbocycles. The molecule has 6 heteroatoms. The van der Waals surface area contributed by atoms with E-state index in [-0.39, 0.29) is 11.9 Å². The number of pyridine rings is 1. The molecule has 1 amide bonds. The third kappa shape index (κ3) is 4.78. The molecule has 1 rings (SSSR count). The van der Waals surface area contributed by atoms with Gasteiger partial charge in [-0.25, -0.2) is 4.98 Å². The Morgan fingerprint density at radius 2 is 2.16 bits per heavy atom. The van der Waals surface area contributed by atoms with E-state index in [0.29, 0.717) is 30.5 Å². The summed E-state index contributed by atoms with van der Waals surface area (Å²) in [6, 6.07) is 3.23. The number of carbonyl (C=O) groups is 1. The molecule has 0 aliphatic carbocycles. The Morgan fingerprint density at radius 1 is 1.42 bits per heavy atom. The van der Waals surface area contributed by atoms with E-state index in [9.17, 15) is 4.79 Å². The van der Waals surface area contributed by atoms with Gasteiger partial charge in [0.15, 0.2) is 0 Å². The summed E-state index contributed by atoms with van der Waals surface area (Å²) in [4.78, 5) is 18.0. The molecule has 19 heavy (non-hydrogen) atoms. The predicted molar refractivity (Wildman–Crippen MR) is 73.5 cm³/mol. The highest BCUT2D eigenvalue weighted by atomic mass is 35.5. The minimum atomic E-state index is -0.106. The fourth-order valence-electron chi connectivity index (χ4n) is 1.71. The Labute approximate surface area is 118 Å². The van der Waals surface area contributed by atoms with Crippen LogP contribution < -0.4 is 0 Å². The Balaban J connectivity index is 2.83. The average molecular weight is 287 g/mol. The molecule has 106 valence electrons. The van der Waals surface area contributed by atoms with E-state index < -0.39 is 0 Å². The number of aromatic nitrogens is 1. The van der Waals surface area contributed by atoms with Gasteiger partial charge in [-0.05, 0) is 19.1 Å². The quantitative estimate of drug-likeness (QED) is 0.718. The maximum absolute atomic E-state index is 12.4. The lowest BCUT2D eigenvalue weighted by Crippen LogP contribution is -2.43. The van der Waals surface area contributed by atoms with Crippen molar-refractivity contribution in [1.29, 1.82) is 0 Å². The zero-order chi connectivity index (χ0) is 14.3. The Kier molecular flexibility index (Phi) is 6.77. The van der Waals surface area contributed by atoms with E-state index in [2.05, 4.69) is 4.98 Å². The number of rotatable bonds is 7. The van der Waals surface area contributed by atoms with Gasteiger partial charge >= 0.3 is 0 Å². The monoisotopic (exact) mass is 286 g/mol. The first-order valence-corrected chi connectivity index (χ1v) is 6.38. The zero-order valence-electron chi connectivity index (χ0n) is 11.4. The van der Waals surface area contributed by atoms with Crippen LogP contribution in [-0.2, 0) is 9.47 Å². The molecular weight excluding hydrogens is 268 g/mol. The van der Waals surface area contributed by atoms with Crippen molar-refractivity contribution in [2.45, 2.75) is 13.0 Å². The SMILES string of the molecule is COCCN(C(=O)c1ccc(Cl)nc1)C(C)COC. The van der Waals surface area contributed by atoms with Crippen molar-refractivity contribution >= 4 is 17.5 Å². The summed E-state index contributed by atoms with van der Waals surface area (Å²) in [5.74, 6) is -0.106. The Hall–Kier alpha value is -1.17. The lowest BCUT2D eigenvalue weighted by atomic mass is 10.2. The van der Waals surface area contributed by atoms with Gasteiger partial charge in [0.2, 0.25) is 0 Å². The van der Waals surface area contributed by atoms with Gasteiger partial charge in [-0.1, -0.05) is 11.6 Å². The molecule has 0 radical (unpaired) electrons. The van der Waals surface area contributed by atoms with Crippen LogP contribution in [0.1, 0.15) is 17.3 Å². The fourth-order valence-corrected chi connectivity index (χ4v) is 1.82. The number of carbonyl (C=O) groups excluding carboxylic acids is 1. The van der Waals surface area contributed by atoms with Crippen LogP contribution in [-0.4, -0.2) is 55.8 Å². The second-order valence-corrected chi connectivity index (χ2v) is 4.55. The van der Waals surface area contributed by atoms with Crippen molar-refractivity contribution in [3.05, 3.63) is 29.0 Å². The average Bonchev–Trinajstić information content (AvgIpc) is 2.40. The Morgan fingerprint density at radius 3 is 2.68 bits per heavy atom. The highest BCUT2D eigenvalue weighted by Gasteiger charge is 2.21. The molecule has 0 spiro atoms. The maximum Gasteiger partial charge on any atom is 0.255 e. The first-order chi connectivity index (χ1) is 9.10. The molecule has 1 atom stereocenters. The van der Waals surface area contributed by atoms with Crippen LogP contribution in [0.4, 0.5) is 0 Å². The van der Waals surface area contributed by atoms with Gasteiger partial charge in [0, 0.05) is 27.0 Å². The third-order valence-corrected chi connectivity index (χ3v) is 2.94. The molecule has 5 nitrogen and oxygen atoms in total. The van der Waals surface area contributed by atoms with E-state index >= 15 is 0 Å². The van der Waals surface area contributed by atoms with Crippen LogP contribution in [0.3, 0.4) is 0 Å². The normalized spacial score (nSPS) is 12.2. The number of amides is 1. The van der Waals surface area contributed by atoms with Crippen LogP contribution >= 0.6 is 11.6 Å². The van der Waals surface area contributed by atoms with Gasteiger partial charge in [-0.3, -0.25) is 4.79 Å². The predicted octanol–water partition coefficient (Wildman–Crippen LogP) is 1.86. The standard InChI is InChI=1S/C13H19ClN2O3/c1-10(9-19-3)16(6-7-18-2)13(17)11-4-5-12(14)15-8-11/h4-5,8,10H,6-7,9H2,1-3H3. The van der Waals surface area contributed by atoms with Crippen molar-refractivity contribution in [3.8, 4) is 0 Å². The molecule has 0 saturated heterocycles. The summed E-state index contributed by atoms with van der Waals surface area (Å²) in [6.07, 6.45) is 1.48. The largest absolute Gasteiger partial charge is 0.383 e. The van der Waals surface area contributed by atoms with Crippen LogP contribution in [0.2, 0.25) is 5.15 Å². The Bertz CT molecular complexity index is 397. The van der Waals surface area contributed by atoms with E-state index in [4.69, 9.17) is 21.1 Å². The van der Waals surface area contributed by atoms with Crippen molar-refractivity contribution in [2.75, 3.05) is 34.0 Å². The summed E-state index contributed by atoms with van der Waals surface area (Å²) in [7, 11) is 3.22. The summed E-state index contributed by atoms with van der Waals surface area (Å²) in [5.41, 5.74) is 0.503. The summed E-state index contributed by atoms with van der Waals surface area (Å²) >= 11 is 5.72. The lowest BCUT2D eigenvalue weighted by Gasteiger charge is -2.28. The van der Waals surface area contributed by atoms with Gasteiger partial charge in [0.1, 0.15) is 5.15 Å². The number of hydrogen-bond acceptors (Lipinski definition) is 4. The molecule has 1 unspecified atom stereocenters. The summed E-state index contributed by atoms with van der Waals surface area (Å²) in [5, 5.41) is 0.366. The molecule has 0 aliphatic heterocycles. The topological polar surface area (TPSA) is 51.7 Å². The van der Waals surface area contributed by atoms with Crippen LogP contribution in [0.25, 0.3) is 0 Å². The number of ether oxygens (including phenoxy) is 2. The molecular formula is C13H19ClN2O3. The molecule has 0 N–H and O–H groups in total. The highest BCUT2D eigenvalue weighted by molar-refractivity contribution is 6.29. The first-order valence-electron chi connectivity index (χ1n) is 6.00. The van der Waals surface area contributed by atoms with E-state index in [0.717, 1.165) is 0 Å². The molecule has 0 fully saturated rings. The van der Waals surface area contributed by atoms with Crippen molar-refractivity contribution < 1.29 is 14.3 Å². The lowest BCUT2D eigenvalue weighted by molar-refractivity contribution is 0.0479. The van der Waals surface area contributed by atoms with E-state index in [1.165, 1.54) is 6.20 Å². The van der Waals surface area contributed by atoms with Crippen LogP contribution in [0, 0.1) is 0 Å². The van der Waals surface area contributed by atoms with Crippen LogP contribution in [0.15, 0.2) is 18.3 Å². The van der Waals surface area contributed by atoms with E-state index in [1.54, 1.807) is 31.3 Å². The number of hydrogen-bond donors (Lipinski definition) is 0. The van der Waals surface area contributed by atoms with Crippen molar-refractivity contribution in [3.63, 3.8) is 0 Å².